The van der Waals surface area contributed by atoms with Gasteiger partial charge < -0.3 is 10.2 Å². The highest BCUT2D eigenvalue weighted by molar-refractivity contribution is 7.57. The van der Waals surface area contributed by atoms with Crippen LogP contribution in [0.3, 0.4) is 0 Å². The smallest absolute Gasteiger partial charge is 0.251 e. The molecule has 0 aromatic heterocycles. The van der Waals surface area contributed by atoms with Gasteiger partial charge in [0, 0.05) is 12.5 Å². The van der Waals surface area contributed by atoms with Gasteiger partial charge in [0.2, 0.25) is 5.91 Å². The monoisotopic (exact) mass is 507 g/mol. The lowest BCUT2D eigenvalue weighted by molar-refractivity contribution is -0.118. The van der Waals surface area contributed by atoms with E-state index in [2.05, 4.69) is 121 Å². The molecule has 182 valence electrons. The number of rotatable bonds is 8. The molecule has 36 heavy (non-hydrogen) atoms. The molecule has 2 N–H and O–H groups in total. The summed E-state index contributed by atoms with van der Waals surface area (Å²) in [6, 6.07) is 45.4. The zero-order chi connectivity index (χ0) is 24.8. The fourth-order valence-electron chi connectivity index (χ4n) is 6.12. The van der Waals surface area contributed by atoms with E-state index < -0.39 is 15.4 Å². The molecule has 0 bridgehead atoms. The van der Waals surface area contributed by atoms with Crippen molar-refractivity contribution in [1.29, 1.82) is 0 Å². The zero-order valence-electron chi connectivity index (χ0n) is 20.6. The third-order valence-electron chi connectivity index (χ3n) is 7.63. The van der Waals surface area contributed by atoms with E-state index in [1.54, 1.807) is 0 Å². The van der Waals surface area contributed by atoms with E-state index >= 15 is 0 Å². The number of hydrogen-bond donors (Lipinski definition) is 1. The molecule has 0 radical (unpaired) electrons. The molecule has 1 unspecified atom stereocenters. The molecule has 0 spiro atoms. The maximum absolute atomic E-state index is 11.5. The number of benzene rings is 4. The first-order valence-electron chi connectivity index (χ1n) is 12.8. The summed E-state index contributed by atoms with van der Waals surface area (Å²) in [7, 11) is -5.29. The van der Waals surface area contributed by atoms with E-state index in [-0.39, 0.29) is 12.0 Å². The molecule has 4 aromatic rings. The van der Waals surface area contributed by atoms with Crippen molar-refractivity contribution in [3.8, 4) is 0 Å². The second-order valence-corrected chi connectivity index (χ2v) is 20.6. The molecule has 5 rings (SSSR count). The summed E-state index contributed by atoms with van der Waals surface area (Å²) < 4.78 is 7.60. The number of hydrogen-bond acceptors (Lipinski definition) is 2. The molecule has 4 aromatic carbocycles. The van der Waals surface area contributed by atoms with Gasteiger partial charge in [-0.2, -0.15) is 0 Å². The predicted molar refractivity (Wildman–Crippen MR) is 153 cm³/mol. The maximum atomic E-state index is 11.5. The van der Waals surface area contributed by atoms with Crippen molar-refractivity contribution >= 4 is 42.1 Å². The van der Waals surface area contributed by atoms with E-state index in [9.17, 15) is 4.79 Å². The third kappa shape index (κ3) is 4.39. The minimum atomic E-state index is -2.81. The first-order valence-corrected chi connectivity index (χ1v) is 18.0. The van der Waals surface area contributed by atoms with E-state index in [1.807, 2.05) is 0 Å². The van der Waals surface area contributed by atoms with Crippen LogP contribution in [0.1, 0.15) is 25.7 Å². The van der Waals surface area contributed by atoms with Crippen LogP contribution >= 0.6 is 0 Å². The van der Waals surface area contributed by atoms with Crippen molar-refractivity contribution in [3.63, 3.8) is 0 Å². The molecular weight excluding hydrogens is 475 g/mol. The number of carbonyl (C=O) groups is 1. The minimum Gasteiger partial charge on any atom is -0.407 e. The van der Waals surface area contributed by atoms with Gasteiger partial charge in [0.05, 0.1) is 0 Å². The van der Waals surface area contributed by atoms with Gasteiger partial charge in [-0.05, 0) is 35.7 Å². The average Bonchev–Trinajstić information content (AvgIpc) is 2.94. The SMILES string of the molecule is NC(=O)CCCC1CC[Si](c2ccccc2)(c2ccccc2)[Si](c2ccccc2)(c2ccccc2)O1. The van der Waals surface area contributed by atoms with Crippen LogP contribution in [0.4, 0.5) is 0 Å². The van der Waals surface area contributed by atoms with Crippen molar-refractivity contribution < 1.29 is 9.22 Å². The van der Waals surface area contributed by atoms with Gasteiger partial charge in [0.15, 0.2) is 7.59 Å². The number of nitrogens with two attached hydrogens (primary N) is 1. The molecule has 1 saturated heterocycles. The highest BCUT2D eigenvalue weighted by Crippen LogP contribution is 2.35. The number of primary amides is 1. The molecule has 1 atom stereocenters. The van der Waals surface area contributed by atoms with Gasteiger partial charge in [-0.25, -0.2) is 0 Å². The maximum Gasteiger partial charge on any atom is 0.251 e. The Hall–Kier alpha value is -3.26. The van der Waals surface area contributed by atoms with Crippen LogP contribution in [0, 0.1) is 0 Å². The highest BCUT2D eigenvalue weighted by atomic mass is 29.3. The number of amides is 1. The second kappa shape index (κ2) is 10.8. The largest absolute Gasteiger partial charge is 0.407 e. The van der Waals surface area contributed by atoms with Crippen LogP contribution in [0.25, 0.3) is 0 Å². The van der Waals surface area contributed by atoms with E-state index in [4.69, 9.17) is 10.2 Å². The standard InChI is InChI=1S/C31H33NO2Si2/c32-31(33)23-13-14-26-24-25-35(27-15-5-1-6-16-27,28-17-7-2-8-18-28)36(34-26,29-19-9-3-10-20-29)30-21-11-4-12-22-30/h1-12,15-22,26H,13-14,23-25H2,(H2,32,33). The van der Waals surface area contributed by atoms with Gasteiger partial charge in [-0.1, -0.05) is 132 Å². The molecule has 1 aliphatic heterocycles. The summed E-state index contributed by atoms with van der Waals surface area (Å²) in [5.41, 5.74) is 5.47. The van der Waals surface area contributed by atoms with Gasteiger partial charge in [-0.3, -0.25) is 4.79 Å². The molecular formula is C31H33NO2Si2. The highest BCUT2D eigenvalue weighted by Gasteiger charge is 2.64. The molecule has 5 heteroatoms. The van der Waals surface area contributed by atoms with Crippen molar-refractivity contribution in [1.82, 2.24) is 0 Å². The van der Waals surface area contributed by atoms with Crippen molar-refractivity contribution in [2.24, 2.45) is 5.73 Å². The Labute approximate surface area is 215 Å². The lowest BCUT2D eigenvalue weighted by Crippen LogP contribution is -2.88. The van der Waals surface area contributed by atoms with E-state index in [0.717, 1.165) is 25.3 Å². The summed E-state index contributed by atoms with van der Waals surface area (Å²) in [6.45, 7) is 0. The fourth-order valence-corrected chi connectivity index (χ4v) is 24.3. The molecule has 1 aliphatic rings. The molecule has 1 fully saturated rings. The van der Waals surface area contributed by atoms with Crippen LogP contribution in [-0.2, 0) is 9.22 Å². The molecule has 1 heterocycles. The summed E-state index contributed by atoms with van der Waals surface area (Å²) in [5.74, 6) is -0.238. The lowest BCUT2D eigenvalue weighted by atomic mass is 10.1. The van der Waals surface area contributed by atoms with Crippen molar-refractivity contribution in [3.05, 3.63) is 121 Å². The quantitative estimate of drug-likeness (QED) is 0.371. The van der Waals surface area contributed by atoms with Crippen LogP contribution in [0.5, 0.6) is 0 Å². The first kappa shape index (κ1) is 24.4. The van der Waals surface area contributed by atoms with Crippen LogP contribution in [0.15, 0.2) is 121 Å². The molecule has 0 saturated carbocycles. The normalized spacial score (nSPS) is 18.4. The fraction of sp³-hybridized carbons (Fsp3) is 0.194. The van der Waals surface area contributed by atoms with E-state index in [1.165, 1.54) is 20.7 Å². The Morgan fingerprint density at radius 2 is 1.11 bits per heavy atom. The predicted octanol–water partition coefficient (Wildman–Crippen LogP) is 3.53. The summed E-state index contributed by atoms with van der Waals surface area (Å²) in [4.78, 5) is 11.5. The van der Waals surface area contributed by atoms with Gasteiger partial charge in [0.1, 0.15) is 0 Å². The van der Waals surface area contributed by atoms with Gasteiger partial charge >= 0.3 is 0 Å². The third-order valence-corrected chi connectivity index (χ3v) is 23.7. The second-order valence-electron chi connectivity index (χ2n) is 9.69. The van der Waals surface area contributed by atoms with Crippen LogP contribution in [-0.4, -0.2) is 27.4 Å². The van der Waals surface area contributed by atoms with Gasteiger partial charge in [-0.15, -0.1) is 0 Å². The summed E-state index contributed by atoms with van der Waals surface area (Å²) >= 11 is 0. The Bertz CT molecular complexity index is 1190. The van der Waals surface area contributed by atoms with Crippen molar-refractivity contribution in [2.75, 3.05) is 0 Å². The van der Waals surface area contributed by atoms with Crippen molar-refractivity contribution in [2.45, 2.75) is 37.8 Å². The minimum absolute atomic E-state index is 0.101. The number of carbonyl (C=O) groups excluding carboxylic acids is 1. The average molecular weight is 508 g/mol. The zero-order valence-corrected chi connectivity index (χ0v) is 22.6. The first-order chi connectivity index (χ1) is 17.7. The molecule has 3 nitrogen and oxygen atoms in total. The van der Waals surface area contributed by atoms with Gasteiger partial charge in [0.25, 0.3) is 7.83 Å². The van der Waals surface area contributed by atoms with E-state index in [0.29, 0.717) is 6.42 Å². The Kier molecular flexibility index (Phi) is 7.32. The molecule has 1 amide bonds. The Morgan fingerprint density at radius 3 is 1.53 bits per heavy atom. The topological polar surface area (TPSA) is 52.3 Å². The molecule has 0 aliphatic carbocycles. The van der Waals surface area contributed by atoms with Crippen LogP contribution in [0.2, 0.25) is 6.04 Å². The Balaban J connectivity index is 1.79. The summed E-state index contributed by atoms with van der Waals surface area (Å²) in [6.07, 6.45) is 3.11. The summed E-state index contributed by atoms with van der Waals surface area (Å²) in [5, 5.41) is 5.53. The van der Waals surface area contributed by atoms with Crippen LogP contribution < -0.4 is 26.5 Å². The Morgan fingerprint density at radius 1 is 0.694 bits per heavy atom. The lowest BCUT2D eigenvalue weighted by Gasteiger charge is -2.53.